The number of hydrogen-bond donors (Lipinski definition) is 1. The van der Waals surface area contributed by atoms with Gasteiger partial charge in [0.25, 0.3) is 0 Å². The molecule has 5 heteroatoms. The summed E-state index contributed by atoms with van der Waals surface area (Å²) in [5, 5.41) is 9.46. The van der Waals surface area contributed by atoms with E-state index in [-0.39, 0.29) is 12.2 Å². The van der Waals surface area contributed by atoms with Gasteiger partial charge in [0.15, 0.2) is 0 Å². The number of carbonyl (C=O) groups excluding carboxylic acids is 1. The fourth-order valence-electron chi connectivity index (χ4n) is 3.19. The van der Waals surface area contributed by atoms with Crippen molar-refractivity contribution < 1.29 is 14.7 Å². The summed E-state index contributed by atoms with van der Waals surface area (Å²) in [5.74, 6) is 0. The molecule has 3 rings (SSSR count). The van der Waals surface area contributed by atoms with E-state index in [2.05, 4.69) is 0 Å². The standard InChI is InChI=1S/C14H16N2O3/c17-9-11-5-3-7-15(11)13-8-10-4-1-2-6-12(10)16(13)14(18)19/h1-2,4,6,9,11,13H,3,5,7-8H2,(H,18,19). The van der Waals surface area contributed by atoms with Crippen LogP contribution in [0.1, 0.15) is 18.4 Å². The number of carboxylic acid groups (broad SMARTS) is 1. The SMILES string of the molecule is O=CC1CCCN1C1Cc2ccccc2N1C(=O)O. The smallest absolute Gasteiger partial charge is 0.413 e. The van der Waals surface area contributed by atoms with Crippen molar-refractivity contribution in [3.63, 3.8) is 0 Å². The van der Waals surface area contributed by atoms with Gasteiger partial charge in [-0.3, -0.25) is 9.80 Å². The largest absolute Gasteiger partial charge is 0.465 e. The van der Waals surface area contributed by atoms with Gasteiger partial charge in [0, 0.05) is 13.0 Å². The Balaban J connectivity index is 1.95. The molecule has 0 radical (unpaired) electrons. The number of para-hydroxylation sites is 1. The summed E-state index contributed by atoms with van der Waals surface area (Å²) in [7, 11) is 0. The fraction of sp³-hybridized carbons (Fsp3) is 0.429. The molecule has 1 N–H and O–H groups in total. The molecule has 2 atom stereocenters. The van der Waals surface area contributed by atoms with Crippen LogP contribution in [0.2, 0.25) is 0 Å². The lowest BCUT2D eigenvalue weighted by Gasteiger charge is -2.33. The highest BCUT2D eigenvalue weighted by Gasteiger charge is 2.41. The zero-order chi connectivity index (χ0) is 13.4. The van der Waals surface area contributed by atoms with E-state index in [0.29, 0.717) is 6.42 Å². The molecule has 2 unspecified atom stereocenters. The van der Waals surface area contributed by atoms with E-state index in [1.165, 1.54) is 4.90 Å². The summed E-state index contributed by atoms with van der Waals surface area (Å²) in [6.07, 6.45) is 2.18. The lowest BCUT2D eigenvalue weighted by molar-refractivity contribution is -0.112. The average Bonchev–Trinajstić information content (AvgIpc) is 3.01. The zero-order valence-corrected chi connectivity index (χ0v) is 10.5. The molecule has 0 bridgehead atoms. The summed E-state index contributed by atoms with van der Waals surface area (Å²) in [6, 6.07) is 7.40. The maximum absolute atomic E-state index is 11.5. The maximum Gasteiger partial charge on any atom is 0.413 e. The molecule has 0 aliphatic carbocycles. The number of anilines is 1. The third-order valence-electron chi connectivity index (χ3n) is 4.04. The molecular weight excluding hydrogens is 244 g/mol. The van der Waals surface area contributed by atoms with Crippen molar-refractivity contribution in [1.82, 2.24) is 4.90 Å². The Morgan fingerprint density at radius 3 is 2.89 bits per heavy atom. The first-order chi connectivity index (χ1) is 9.22. The van der Waals surface area contributed by atoms with E-state index in [1.54, 1.807) is 0 Å². The number of carbonyl (C=O) groups is 2. The Kier molecular flexibility index (Phi) is 2.98. The molecule has 0 saturated carbocycles. The lowest BCUT2D eigenvalue weighted by atomic mass is 10.1. The van der Waals surface area contributed by atoms with E-state index in [4.69, 9.17) is 0 Å². The molecule has 0 aromatic heterocycles. The highest BCUT2D eigenvalue weighted by Crippen LogP contribution is 2.35. The topological polar surface area (TPSA) is 60.9 Å². The highest BCUT2D eigenvalue weighted by atomic mass is 16.4. The third kappa shape index (κ3) is 1.90. The summed E-state index contributed by atoms with van der Waals surface area (Å²) in [6.45, 7) is 0.784. The van der Waals surface area contributed by atoms with Crippen molar-refractivity contribution in [3.05, 3.63) is 29.8 Å². The van der Waals surface area contributed by atoms with Gasteiger partial charge in [-0.1, -0.05) is 18.2 Å². The summed E-state index contributed by atoms with van der Waals surface area (Å²) >= 11 is 0. The monoisotopic (exact) mass is 260 g/mol. The number of hydrogen-bond acceptors (Lipinski definition) is 3. The van der Waals surface area contributed by atoms with Crippen LogP contribution in [0.15, 0.2) is 24.3 Å². The Morgan fingerprint density at radius 2 is 2.16 bits per heavy atom. The van der Waals surface area contributed by atoms with Crippen LogP contribution in [-0.2, 0) is 11.2 Å². The van der Waals surface area contributed by atoms with Crippen LogP contribution in [0.5, 0.6) is 0 Å². The van der Waals surface area contributed by atoms with Gasteiger partial charge >= 0.3 is 6.09 Å². The van der Waals surface area contributed by atoms with Crippen LogP contribution in [-0.4, -0.2) is 41.1 Å². The minimum Gasteiger partial charge on any atom is -0.465 e. The number of benzene rings is 1. The summed E-state index contributed by atoms with van der Waals surface area (Å²) in [4.78, 5) is 26.1. The molecule has 2 heterocycles. The number of likely N-dealkylation sites (tertiary alicyclic amines) is 1. The summed E-state index contributed by atoms with van der Waals surface area (Å²) in [5.41, 5.74) is 1.78. The van der Waals surface area contributed by atoms with Gasteiger partial charge < -0.3 is 9.90 Å². The first-order valence-electron chi connectivity index (χ1n) is 6.53. The second kappa shape index (κ2) is 4.66. The predicted octanol–water partition coefficient (Wildman–Crippen LogP) is 1.72. The quantitative estimate of drug-likeness (QED) is 0.822. The molecule has 1 saturated heterocycles. The van der Waals surface area contributed by atoms with Gasteiger partial charge in [-0.25, -0.2) is 4.79 Å². The van der Waals surface area contributed by atoms with Crippen LogP contribution >= 0.6 is 0 Å². The number of fused-ring (bicyclic) bond motifs is 1. The first-order valence-corrected chi connectivity index (χ1v) is 6.53. The Hall–Kier alpha value is -1.88. The molecule has 1 fully saturated rings. The molecule has 1 amide bonds. The average molecular weight is 260 g/mol. The van der Waals surface area contributed by atoms with Crippen LogP contribution in [0.4, 0.5) is 10.5 Å². The second-order valence-corrected chi connectivity index (χ2v) is 5.05. The van der Waals surface area contributed by atoms with Crippen molar-refractivity contribution >= 4 is 18.1 Å². The molecule has 2 aliphatic rings. The Labute approximate surface area is 111 Å². The van der Waals surface area contributed by atoms with Crippen molar-refractivity contribution in [3.8, 4) is 0 Å². The molecule has 19 heavy (non-hydrogen) atoms. The molecule has 1 aromatic carbocycles. The third-order valence-corrected chi connectivity index (χ3v) is 4.04. The Morgan fingerprint density at radius 1 is 1.37 bits per heavy atom. The summed E-state index contributed by atoms with van der Waals surface area (Å²) < 4.78 is 0. The van der Waals surface area contributed by atoms with Gasteiger partial charge in [-0.15, -0.1) is 0 Å². The van der Waals surface area contributed by atoms with E-state index in [0.717, 1.165) is 36.9 Å². The van der Waals surface area contributed by atoms with Gasteiger partial charge in [0.1, 0.15) is 6.29 Å². The molecule has 1 aromatic rings. The van der Waals surface area contributed by atoms with Crippen LogP contribution < -0.4 is 4.90 Å². The fourth-order valence-corrected chi connectivity index (χ4v) is 3.19. The van der Waals surface area contributed by atoms with E-state index < -0.39 is 6.09 Å². The molecule has 0 spiro atoms. The maximum atomic E-state index is 11.5. The minimum atomic E-state index is -0.952. The minimum absolute atomic E-state index is 0.152. The molecule has 100 valence electrons. The van der Waals surface area contributed by atoms with Crippen molar-refractivity contribution in [2.45, 2.75) is 31.5 Å². The number of amides is 1. The van der Waals surface area contributed by atoms with Crippen LogP contribution in [0.3, 0.4) is 0 Å². The van der Waals surface area contributed by atoms with Crippen LogP contribution in [0, 0.1) is 0 Å². The number of aldehydes is 1. The van der Waals surface area contributed by atoms with Gasteiger partial charge in [0.2, 0.25) is 0 Å². The Bertz CT molecular complexity index is 517. The van der Waals surface area contributed by atoms with Crippen molar-refractivity contribution in [2.24, 2.45) is 0 Å². The van der Waals surface area contributed by atoms with Gasteiger partial charge in [0.05, 0.1) is 17.9 Å². The number of nitrogens with zero attached hydrogens (tertiary/aromatic N) is 2. The number of rotatable bonds is 2. The zero-order valence-electron chi connectivity index (χ0n) is 10.5. The van der Waals surface area contributed by atoms with Crippen LogP contribution in [0.25, 0.3) is 0 Å². The molecular formula is C14H16N2O3. The normalized spacial score (nSPS) is 26.4. The van der Waals surface area contributed by atoms with E-state index >= 15 is 0 Å². The predicted molar refractivity (Wildman–Crippen MR) is 70.2 cm³/mol. The molecule has 2 aliphatic heterocycles. The van der Waals surface area contributed by atoms with Crippen molar-refractivity contribution in [2.75, 3.05) is 11.4 Å². The van der Waals surface area contributed by atoms with E-state index in [9.17, 15) is 14.7 Å². The first kappa shape index (κ1) is 12.2. The van der Waals surface area contributed by atoms with Gasteiger partial charge in [-0.05, 0) is 24.5 Å². The van der Waals surface area contributed by atoms with Gasteiger partial charge in [-0.2, -0.15) is 0 Å². The molecule has 5 nitrogen and oxygen atoms in total. The lowest BCUT2D eigenvalue weighted by Crippen LogP contribution is -2.51. The second-order valence-electron chi connectivity index (χ2n) is 5.05. The highest BCUT2D eigenvalue weighted by molar-refractivity contribution is 5.89. The van der Waals surface area contributed by atoms with Crippen molar-refractivity contribution in [1.29, 1.82) is 0 Å². The van der Waals surface area contributed by atoms with E-state index in [1.807, 2.05) is 29.2 Å².